The van der Waals surface area contributed by atoms with Crippen molar-refractivity contribution in [3.05, 3.63) is 22.7 Å². The first kappa shape index (κ1) is 13.7. The zero-order chi connectivity index (χ0) is 13.3. The number of anilines is 2. The zero-order valence-corrected chi connectivity index (χ0v) is 13.1. The molecule has 1 aliphatic carbocycles. The van der Waals surface area contributed by atoms with Gasteiger partial charge in [-0.1, -0.05) is 13.8 Å². The van der Waals surface area contributed by atoms with Gasteiger partial charge in [-0.3, -0.25) is 0 Å². The number of benzene rings is 1. The van der Waals surface area contributed by atoms with Gasteiger partial charge in [0, 0.05) is 23.2 Å². The summed E-state index contributed by atoms with van der Waals surface area (Å²) in [6.45, 7) is 4.75. The van der Waals surface area contributed by atoms with E-state index < -0.39 is 0 Å². The molecule has 0 unspecified atom stereocenters. The highest BCUT2D eigenvalue weighted by molar-refractivity contribution is 9.10. The third-order valence-corrected chi connectivity index (χ3v) is 4.84. The van der Waals surface area contributed by atoms with E-state index in [9.17, 15) is 0 Å². The van der Waals surface area contributed by atoms with Crippen LogP contribution in [-0.4, -0.2) is 13.1 Å². The molecule has 0 aliphatic heterocycles. The van der Waals surface area contributed by atoms with Crippen LogP contribution in [0.1, 0.15) is 39.5 Å². The smallest absolute Gasteiger partial charge is 0.0512 e. The van der Waals surface area contributed by atoms with Gasteiger partial charge in [-0.15, -0.1) is 0 Å². The lowest BCUT2D eigenvalue weighted by Gasteiger charge is -2.39. The van der Waals surface area contributed by atoms with Crippen molar-refractivity contribution in [1.29, 1.82) is 0 Å². The summed E-state index contributed by atoms with van der Waals surface area (Å²) in [5.74, 6) is 0. The maximum absolute atomic E-state index is 5.79. The molecule has 2 rings (SSSR count). The number of rotatable bonds is 2. The highest BCUT2D eigenvalue weighted by Gasteiger charge is 2.29. The average Bonchev–Trinajstić information content (AvgIpc) is 2.28. The molecular weight excluding hydrogens is 288 g/mol. The lowest BCUT2D eigenvalue weighted by atomic mass is 9.75. The number of halogens is 1. The van der Waals surface area contributed by atoms with Gasteiger partial charge in [0.25, 0.3) is 0 Å². The van der Waals surface area contributed by atoms with Crippen molar-refractivity contribution >= 4 is 27.3 Å². The van der Waals surface area contributed by atoms with Crippen molar-refractivity contribution in [2.45, 2.75) is 45.6 Å². The van der Waals surface area contributed by atoms with Gasteiger partial charge in [0.15, 0.2) is 0 Å². The standard InChI is InChI=1S/C15H23BrN2/c1-15(2)8-6-12(7-9-15)18(3)14-5-4-11(17)10-13(14)16/h4-5,10,12H,6-9,17H2,1-3H3. The summed E-state index contributed by atoms with van der Waals surface area (Å²) in [6.07, 6.45) is 5.18. The van der Waals surface area contributed by atoms with Gasteiger partial charge < -0.3 is 10.6 Å². The minimum Gasteiger partial charge on any atom is -0.399 e. The van der Waals surface area contributed by atoms with Crippen LogP contribution in [-0.2, 0) is 0 Å². The molecule has 0 aromatic heterocycles. The Kier molecular flexibility index (Phi) is 3.90. The summed E-state index contributed by atoms with van der Waals surface area (Å²) in [5.41, 5.74) is 8.37. The second-order valence-corrected chi connectivity index (χ2v) is 7.07. The Labute approximate surface area is 119 Å². The lowest BCUT2D eigenvalue weighted by molar-refractivity contribution is 0.222. The second-order valence-electron chi connectivity index (χ2n) is 6.22. The number of nitrogen functional groups attached to an aromatic ring is 1. The van der Waals surface area contributed by atoms with E-state index in [4.69, 9.17) is 5.73 Å². The molecule has 1 aromatic rings. The molecule has 0 atom stereocenters. The maximum atomic E-state index is 5.79. The van der Waals surface area contributed by atoms with E-state index >= 15 is 0 Å². The van der Waals surface area contributed by atoms with Gasteiger partial charge in [0.2, 0.25) is 0 Å². The van der Waals surface area contributed by atoms with Gasteiger partial charge in [-0.2, -0.15) is 0 Å². The van der Waals surface area contributed by atoms with Crippen LogP contribution in [0, 0.1) is 5.41 Å². The summed E-state index contributed by atoms with van der Waals surface area (Å²) >= 11 is 3.62. The fourth-order valence-electron chi connectivity index (χ4n) is 2.78. The first-order valence-electron chi connectivity index (χ1n) is 6.67. The van der Waals surface area contributed by atoms with Crippen LogP contribution in [0.4, 0.5) is 11.4 Å². The van der Waals surface area contributed by atoms with E-state index in [0.717, 1.165) is 10.2 Å². The molecule has 1 aliphatic rings. The molecule has 0 heterocycles. The third-order valence-electron chi connectivity index (χ3n) is 4.21. The Bertz CT molecular complexity index is 419. The second kappa shape index (κ2) is 5.12. The fourth-order valence-corrected chi connectivity index (χ4v) is 3.45. The predicted molar refractivity (Wildman–Crippen MR) is 83.0 cm³/mol. The topological polar surface area (TPSA) is 29.3 Å². The Morgan fingerprint density at radius 1 is 1.28 bits per heavy atom. The van der Waals surface area contributed by atoms with Crippen LogP contribution in [0.2, 0.25) is 0 Å². The van der Waals surface area contributed by atoms with Crippen molar-refractivity contribution in [3.8, 4) is 0 Å². The third kappa shape index (κ3) is 3.00. The van der Waals surface area contributed by atoms with Crippen LogP contribution >= 0.6 is 15.9 Å². The van der Waals surface area contributed by atoms with Crippen LogP contribution in [0.25, 0.3) is 0 Å². The predicted octanol–water partition coefficient (Wildman–Crippen LogP) is 4.44. The molecule has 0 bridgehead atoms. The molecule has 1 fully saturated rings. The molecule has 2 N–H and O–H groups in total. The van der Waals surface area contributed by atoms with Gasteiger partial charge >= 0.3 is 0 Å². The minimum absolute atomic E-state index is 0.524. The Hall–Kier alpha value is -0.700. The van der Waals surface area contributed by atoms with Crippen LogP contribution < -0.4 is 10.6 Å². The van der Waals surface area contributed by atoms with Crippen molar-refractivity contribution in [2.24, 2.45) is 5.41 Å². The van der Waals surface area contributed by atoms with Crippen LogP contribution in [0.3, 0.4) is 0 Å². The molecule has 1 aromatic carbocycles. The van der Waals surface area contributed by atoms with Crippen LogP contribution in [0.5, 0.6) is 0 Å². The molecule has 100 valence electrons. The first-order chi connectivity index (χ1) is 8.39. The quantitative estimate of drug-likeness (QED) is 0.818. The molecule has 2 nitrogen and oxygen atoms in total. The van der Waals surface area contributed by atoms with Crippen molar-refractivity contribution in [1.82, 2.24) is 0 Å². The number of hydrogen-bond acceptors (Lipinski definition) is 2. The van der Waals surface area contributed by atoms with E-state index in [1.165, 1.54) is 31.4 Å². The van der Waals surface area contributed by atoms with E-state index in [1.54, 1.807) is 0 Å². The van der Waals surface area contributed by atoms with E-state index in [1.807, 2.05) is 12.1 Å². The summed E-state index contributed by atoms with van der Waals surface area (Å²) in [5, 5.41) is 0. The molecule has 0 spiro atoms. The summed E-state index contributed by atoms with van der Waals surface area (Å²) in [7, 11) is 2.19. The summed E-state index contributed by atoms with van der Waals surface area (Å²) in [6, 6.07) is 6.72. The first-order valence-corrected chi connectivity index (χ1v) is 7.46. The van der Waals surface area contributed by atoms with Gasteiger partial charge in [-0.05, 0) is 65.2 Å². The van der Waals surface area contributed by atoms with Gasteiger partial charge in [0.1, 0.15) is 0 Å². The SMILES string of the molecule is CN(c1ccc(N)cc1Br)C1CCC(C)(C)CC1. The molecule has 3 heteroatoms. The molecular formula is C15H23BrN2. The summed E-state index contributed by atoms with van der Waals surface area (Å²) < 4.78 is 1.09. The molecule has 0 radical (unpaired) electrons. The van der Waals surface area contributed by atoms with E-state index in [2.05, 4.69) is 47.8 Å². The number of nitrogens with two attached hydrogens (primary N) is 1. The van der Waals surface area contributed by atoms with Crippen molar-refractivity contribution in [2.75, 3.05) is 17.7 Å². The zero-order valence-electron chi connectivity index (χ0n) is 11.5. The molecule has 0 amide bonds. The summed E-state index contributed by atoms with van der Waals surface area (Å²) in [4.78, 5) is 2.40. The van der Waals surface area contributed by atoms with Gasteiger partial charge in [0.05, 0.1) is 5.69 Å². The Morgan fingerprint density at radius 2 is 1.89 bits per heavy atom. The van der Waals surface area contributed by atoms with E-state index in [-0.39, 0.29) is 0 Å². The lowest BCUT2D eigenvalue weighted by Crippen LogP contribution is -2.37. The number of hydrogen-bond donors (Lipinski definition) is 1. The Balaban J connectivity index is 2.10. The van der Waals surface area contributed by atoms with Crippen molar-refractivity contribution < 1.29 is 0 Å². The number of nitrogens with zero attached hydrogens (tertiary/aromatic N) is 1. The highest BCUT2D eigenvalue weighted by atomic mass is 79.9. The monoisotopic (exact) mass is 310 g/mol. The molecule has 1 saturated carbocycles. The van der Waals surface area contributed by atoms with E-state index in [0.29, 0.717) is 11.5 Å². The maximum Gasteiger partial charge on any atom is 0.0512 e. The molecule has 18 heavy (non-hydrogen) atoms. The Morgan fingerprint density at radius 3 is 2.44 bits per heavy atom. The minimum atomic E-state index is 0.524. The van der Waals surface area contributed by atoms with Gasteiger partial charge in [-0.25, -0.2) is 0 Å². The van der Waals surface area contributed by atoms with Crippen molar-refractivity contribution in [3.63, 3.8) is 0 Å². The van der Waals surface area contributed by atoms with Crippen LogP contribution in [0.15, 0.2) is 22.7 Å². The highest BCUT2D eigenvalue weighted by Crippen LogP contribution is 2.39. The average molecular weight is 311 g/mol. The molecule has 0 saturated heterocycles. The normalized spacial score (nSPS) is 19.8. The largest absolute Gasteiger partial charge is 0.399 e. The fraction of sp³-hybridized carbons (Fsp3) is 0.600.